The first-order valence-corrected chi connectivity index (χ1v) is 7.21. The normalized spacial score (nSPS) is 15.7. The molecular weight excluding hydrogens is 292 g/mol. The fourth-order valence-electron chi connectivity index (χ4n) is 2.33. The van der Waals surface area contributed by atoms with Crippen molar-refractivity contribution in [3.63, 3.8) is 0 Å². The maximum absolute atomic E-state index is 12.5. The van der Waals surface area contributed by atoms with E-state index in [4.69, 9.17) is 0 Å². The van der Waals surface area contributed by atoms with Gasteiger partial charge in [-0.25, -0.2) is 0 Å². The summed E-state index contributed by atoms with van der Waals surface area (Å²) in [5.41, 5.74) is 2.07. The molecule has 0 atom stereocenters. The van der Waals surface area contributed by atoms with E-state index >= 15 is 0 Å². The zero-order chi connectivity index (χ0) is 13.1. The molecule has 2 rings (SSSR count). The molecule has 0 unspecified atom stereocenters. The molecule has 0 N–H and O–H groups in total. The summed E-state index contributed by atoms with van der Waals surface area (Å²) < 4.78 is 3.02. The van der Waals surface area contributed by atoms with Crippen molar-refractivity contribution >= 4 is 21.8 Å². The average molecular weight is 311 g/mol. The van der Waals surface area contributed by atoms with Crippen LogP contribution in [0.25, 0.3) is 0 Å². The summed E-state index contributed by atoms with van der Waals surface area (Å²) >= 11 is 3.45. The van der Waals surface area contributed by atoms with Crippen molar-refractivity contribution in [1.29, 1.82) is 0 Å². The lowest BCUT2D eigenvalue weighted by atomic mass is 10.1. The number of halogens is 1. The van der Waals surface area contributed by atoms with E-state index in [0.717, 1.165) is 42.6 Å². The highest BCUT2D eigenvalue weighted by atomic mass is 79.9. The van der Waals surface area contributed by atoms with Gasteiger partial charge >= 0.3 is 0 Å². The first kappa shape index (κ1) is 13.4. The molecule has 1 amide bonds. The third-order valence-electron chi connectivity index (χ3n) is 3.17. The summed E-state index contributed by atoms with van der Waals surface area (Å²) in [4.78, 5) is 14.4. The van der Waals surface area contributed by atoms with Gasteiger partial charge in [0.2, 0.25) is 0 Å². The lowest BCUT2D eigenvalue weighted by molar-refractivity contribution is 0.0755. The third kappa shape index (κ3) is 2.86. The van der Waals surface area contributed by atoms with Gasteiger partial charge in [0.05, 0.1) is 0 Å². The van der Waals surface area contributed by atoms with Crippen molar-refractivity contribution in [2.75, 3.05) is 13.1 Å². The monoisotopic (exact) mass is 310 g/mol. The van der Waals surface area contributed by atoms with E-state index in [1.807, 2.05) is 21.7 Å². The summed E-state index contributed by atoms with van der Waals surface area (Å²) in [7, 11) is 0. The quantitative estimate of drug-likeness (QED) is 0.785. The molecule has 1 aromatic heterocycles. The third-order valence-corrected chi connectivity index (χ3v) is 3.60. The van der Waals surface area contributed by atoms with Crippen molar-refractivity contribution in [3.05, 3.63) is 34.1 Å². The van der Waals surface area contributed by atoms with Crippen LogP contribution in [-0.2, 0) is 6.54 Å². The predicted octanol–water partition coefficient (Wildman–Crippen LogP) is 3.45. The second-order valence-electron chi connectivity index (χ2n) is 4.80. The van der Waals surface area contributed by atoms with Crippen molar-refractivity contribution in [2.45, 2.75) is 33.2 Å². The summed E-state index contributed by atoms with van der Waals surface area (Å²) in [6, 6.07) is 1.92. The van der Waals surface area contributed by atoms with Crippen LogP contribution in [0.4, 0.5) is 0 Å². The molecule has 0 saturated carbocycles. The van der Waals surface area contributed by atoms with Crippen LogP contribution in [0.5, 0.6) is 0 Å². The van der Waals surface area contributed by atoms with E-state index in [9.17, 15) is 4.79 Å². The SMILES string of the molecule is CCCn1cc(Br)cc1C(=O)N1CCC=C(C)C1. The molecule has 1 aliphatic rings. The minimum atomic E-state index is 0.140. The van der Waals surface area contributed by atoms with E-state index in [2.05, 4.69) is 35.9 Å². The summed E-state index contributed by atoms with van der Waals surface area (Å²) in [6.45, 7) is 6.67. The number of aryl methyl sites for hydroxylation is 1. The van der Waals surface area contributed by atoms with E-state index < -0.39 is 0 Å². The van der Waals surface area contributed by atoms with Gasteiger partial charge in [0.15, 0.2) is 0 Å². The molecule has 3 nitrogen and oxygen atoms in total. The largest absolute Gasteiger partial charge is 0.342 e. The van der Waals surface area contributed by atoms with Gasteiger partial charge in [-0.1, -0.05) is 18.6 Å². The Morgan fingerprint density at radius 3 is 2.94 bits per heavy atom. The molecule has 0 aromatic carbocycles. The van der Waals surface area contributed by atoms with Gasteiger partial charge in [0.1, 0.15) is 5.69 Å². The Kier molecular flexibility index (Phi) is 4.27. The van der Waals surface area contributed by atoms with Crippen LogP contribution in [-0.4, -0.2) is 28.5 Å². The zero-order valence-electron chi connectivity index (χ0n) is 10.9. The fourth-order valence-corrected chi connectivity index (χ4v) is 2.79. The topological polar surface area (TPSA) is 25.2 Å². The van der Waals surface area contributed by atoms with Crippen LogP contribution in [0.15, 0.2) is 28.4 Å². The van der Waals surface area contributed by atoms with Crippen molar-refractivity contribution in [1.82, 2.24) is 9.47 Å². The Bertz CT molecular complexity index is 476. The number of carbonyl (C=O) groups excluding carboxylic acids is 1. The van der Waals surface area contributed by atoms with Gasteiger partial charge in [0, 0.05) is 30.3 Å². The second kappa shape index (κ2) is 5.74. The number of nitrogens with zero attached hydrogens (tertiary/aromatic N) is 2. The van der Waals surface area contributed by atoms with E-state index in [-0.39, 0.29) is 5.91 Å². The van der Waals surface area contributed by atoms with Gasteiger partial charge in [0.25, 0.3) is 5.91 Å². The molecule has 0 fully saturated rings. The van der Waals surface area contributed by atoms with Crippen LogP contribution < -0.4 is 0 Å². The Morgan fingerprint density at radius 1 is 1.50 bits per heavy atom. The van der Waals surface area contributed by atoms with Crippen LogP contribution in [0.2, 0.25) is 0 Å². The lowest BCUT2D eigenvalue weighted by Gasteiger charge is -2.26. The van der Waals surface area contributed by atoms with Crippen molar-refractivity contribution in [2.24, 2.45) is 0 Å². The first-order chi connectivity index (χ1) is 8.61. The summed E-state index contributed by atoms with van der Waals surface area (Å²) in [6.07, 6.45) is 6.20. The maximum Gasteiger partial charge on any atom is 0.270 e. The van der Waals surface area contributed by atoms with Crippen LogP contribution in [0.3, 0.4) is 0 Å². The number of aromatic nitrogens is 1. The molecular formula is C14H19BrN2O. The highest BCUT2D eigenvalue weighted by Gasteiger charge is 2.21. The Hall–Kier alpha value is -1.03. The highest BCUT2D eigenvalue weighted by Crippen LogP contribution is 2.19. The highest BCUT2D eigenvalue weighted by molar-refractivity contribution is 9.10. The van der Waals surface area contributed by atoms with E-state index in [0.29, 0.717) is 0 Å². The molecule has 2 heterocycles. The number of carbonyl (C=O) groups is 1. The number of rotatable bonds is 3. The second-order valence-corrected chi connectivity index (χ2v) is 5.72. The van der Waals surface area contributed by atoms with E-state index in [1.165, 1.54) is 5.57 Å². The van der Waals surface area contributed by atoms with Crippen molar-refractivity contribution < 1.29 is 4.79 Å². The molecule has 98 valence electrons. The van der Waals surface area contributed by atoms with Gasteiger partial charge in [-0.05, 0) is 41.8 Å². The number of amides is 1. The zero-order valence-corrected chi connectivity index (χ0v) is 12.5. The molecule has 0 radical (unpaired) electrons. The van der Waals surface area contributed by atoms with Crippen LogP contribution in [0.1, 0.15) is 37.2 Å². The van der Waals surface area contributed by atoms with Crippen LogP contribution in [0, 0.1) is 0 Å². The molecule has 0 saturated heterocycles. The van der Waals surface area contributed by atoms with E-state index in [1.54, 1.807) is 0 Å². The minimum Gasteiger partial charge on any atom is -0.342 e. The Balaban J connectivity index is 2.20. The minimum absolute atomic E-state index is 0.140. The molecule has 0 aliphatic carbocycles. The molecule has 4 heteroatoms. The van der Waals surface area contributed by atoms with Crippen molar-refractivity contribution in [3.8, 4) is 0 Å². The average Bonchev–Trinajstić information content (AvgIpc) is 2.70. The lowest BCUT2D eigenvalue weighted by Crippen LogP contribution is -2.36. The number of hydrogen-bond acceptors (Lipinski definition) is 1. The smallest absolute Gasteiger partial charge is 0.270 e. The first-order valence-electron chi connectivity index (χ1n) is 6.42. The van der Waals surface area contributed by atoms with Crippen LogP contribution >= 0.6 is 15.9 Å². The van der Waals surface area contributed by atoms with Gasteiger partial charge in [-0.3, -0.25) is 4.79 Å². The Morgan fingerprint density at radius 2 is 2.28 bits per heavy atom. The fraction of sp³-hybridized carbons (Fsp3) is 0.500. The maximum atomic E-state index is 12.5. The molecule has 1 aromatic rings. The number of hydrogen-bond donors (Lipinski definition) is 0. The molecule has 18 heavy (non-hydrogen) atoms. The van der Waals surface area contributed by atoms with Gasteiger partial charge in [-0.2, -0.15) is 0 Å². The van der Waals surface area contributed by atoms with Gasteiger partial charge < -0.3 is 9.47 Å². The summed E-state index contributed by atoms with van der Waals surface area (Å²) in [5, 5.41) is 0. The summed E-state index contributed by atoms with van der Waals surface area (Å²) in [5.74, 6) is 0.140. The standard InChI is InChI=1S/C14H19BrN2O/c1-3-6-16-10-12(15)8-13(16)14(18)17-7-4-5-11(2)9-17/h5,8,10H,3-4,6-7,9H2,1-2H3. The van der Waals surface area contributed by atoms with Gasteiger partial charge in [-0.15, -0.1) is 0 Å². The Labute approximate surface area is 117 Å². The molecule has 0 spiro atoms. The molecule has 0 bridgehead atoms. The molecule has 1 aliphatic heterocycles. The predicted molar refractivity (Wildman–Crippen MR) is 76.7 cm³/mol.